The summed E-state index contributed by atoms with van der Waals surface area (Å²) in [5.41, 5.74) is 0.737. The number of amides is 1. The lowest BCUT2D eigenvalue weighted by atomic mass is 10.1. The van der Waals surface area contributed by atoms with Crippen LogP contribution in [0.2, 0.25) is 0 Å². The highest BCUT2D eigenvalue weighted by Crippen LogP contribution is 2.21. The van der Waals surface area contributed by atoms with Crippen molar-refractivity contribution in [2.75, 3.05) is 32.8 Å². The van der Waals surface area contributed by atoms with E-state index in [0.717, 1.165) is 23.7 Å². The van der Waals surface area contributed by atoms with Crippen LogP contribution in [0.5, 0.6) is 0 Å². The molecule has 1 amide bonds. The normalized spacial score (nSPS) is 14.2. The summed E-state index contributed by atoms with van der Waals surface area (Å²) in [5, 5.41) is 2.70. The fourth-order valence-corrected chi connectivity index (χ4v) is 3.64. The van der Waals surface area contributed by atoms with Crippen molar-refractivity contribution in [2.24, 2.45) is 0 Å². The predicted octanol–water partition coefficient (Wildman–Crippen LogP) is 1.000. The van der Waals surface area contributed by atoms with Gasteiger partial charge in [-0.05, 0) is 35.9 Å². The van der Waals surface area contributed by atoms with E-state index in [9.17, 15) is 18.8 Å². The number of aromatic nitrogens is 3. The van der Waals surface area contributed by atoms with Gasteiger partial charge in [0.1, 0.15) is 11.5 Å². The number of hydrogen-bond donors (Lipinski definition) is 2. The van der Waals surface area contributed by atoms with Crippen LogP contribution in [-0.2, 0) is 17.8 Å². The minimum atomic E-state index is -0.630. The van der Waals surface area contributed by atoms with Gasteiger partial charge in [0.05, 0.1) is 18.9 Å². The Morgan fingerprint density at radius 1 is 1.12 bits per heavy atom. The first-order valence-corrected chi connectivity index (χ1v) is 10.6. The minimum Gasteiger partial charge on any atom is -0.379 e. The van der Waals surface area contributed by atoms with Crippen molar-refractivity contribution < 1.29 is 13.9 Å². The Morgan fingerprint density at radius 3 is 2.61 bits per heavy atom. The van der Waals surface area contributed by atoms with Crippen LogP contribution in [0.15, 0.2) is 58.3 Å². The molecule has 0 bridgehead atoms. The molecule has 0 atom stereocenters. The average Bonchev–Trinajstić information content (AvgIpc) is 2.83. The number of rotatable bonds is 7. The minimum absolute atomic E-state index is 0.111. The number of ether oxygens (including phenoxy) is 1. The Bertz CT molecular complexity index is 1200. The molecule has 3 heterocycles. The van der Waals surface area contributed by atoms with Crippen molar-refractivity contribution >= 4 is 5.91 Å². The summed E-state index contributed by atoms with van der Waals surface area (Å²) in [7, 11) is 0. The molecule has 9 nitrogen and oxygen atoms in total. The van der Waals surface area contributed by atoms with Gasteiger partial charge in [0, 0.05) is 50.6 Å². The van der Waals surface area contributed by atoms with Gasteiger partial charge in [-0.2, -0.15) is 0 Å². The number of halogens is 1. The number of carbonyl (C=O) groups excluding carboxylic acids is 1. The summed E-state index contributed by atoms with van der Waals surface area (Å²) in [6, 6.07) is 10.5. The third kappa shape index (κ3) is 5.60. The number of nitrogens with one attached hydrogen (secondary N) is 2. The number of pyridine rings is 1. The second-order valence-electron chi connectivity index (χ2n) is 7.63. The SMILES string of the molecule is O=C(NCc1cccnc1-c1ccc(F)cc1)c1cc(=O)n(CCN2CCOCC2)c(=O)[nH]1. The Balaban J connectivity index is 1.43. The first kappa shape index (κ1) is 22.6. The number of morpholine rings is 1. The van der Waals surface area contributed by atoms with Crippen LogP contribution in [-0.4, -0.2) is 58.2 Å². The first-order valence-electron chi connectivity index (χ1n) is 10.6. The van der Waals surface area contributed by atoms with Gasteiger partial charge < -0.3 is 15.0 Å². The van der Waals surface area contributed by atoms with Crippen molar-refractivity contribution in [3.63, 3.8) is 0 Å². The quantitative estimate of drug-likeness (QED) is 0.553. The Hall–Kier alpha value is -3.63. The van der Waals surface area contributed by atoms with Crippen molar-refractivity contribution in [3.8, 4) is 11.3 Å². The van der Waals surface area contributed by atoms with Crippen molar-refractivity contribution in [1.82, 2.24) is 24.8 Å². The second-order valence-corrected chi connectivity index (χ2v) is 7.63. The maximum atomic E-state index is 13.2. The molecule has 0 aliphatic carbocycles. The molecule has 3 aromatic rings. The molecule has 0 unspecified atom stereocenters. The monoisotopic (exact) mass is 453 g/mol. The molecule has 4 rings (SSSR count). The van der Waals surface area contributed by atoms with Crippen molar-refractivity contribution in [3.05, 3.63) is 86.6 Å². The third-order valence-electron chi connectivity index (χ3n) is 5.46. The van der Waals surface area contributed by atoms with E-state index < -0.39 is 17.2 Å². The zero-order valence-electron chi connectivity index (χ0n) is 17.9. The van der Waals surface area contributed by atoms with E-state index in [4.69, 9.17) is 4.74 Å². The summed E-state index contributed by atoms with van der Waals surface area (Å²) >= 11 is 0. The fourth-order valence-electron chi connectivity index (χ4n) is 3.64. The number of hydrogen-bond acceptors (Lipinski definition) is 6. The second kappa shape index (κ2) is 10.3. The maximum Gasteiger partial charge on any atom is 0.328 e. The van der Waals surface area contributed by atoms with Crippen LogP contribution >= 0.6 is 0 Å². The van der Waals surface area contributed by atoms with Crippen molar-refractivity contribution in [1.29, 1.82) is 0 Å². The van der Waals surface area contributed by atoms with Gasteiger partial charge in [0.2, 0.25) is 0 Å². The molecule has 0 radical (unpaired) electrons. The lowest BCUT2D eigenvalue weighted by Gasteiger charge is -2.26. The molecule has 1 aliphatic rings. The molecule has 1 saturated heterocycles. The Labute approximate surface area is 188 Å². The van der Waals surface area contributed by atoms with E-state index in [-0.39, 0.29) is 24.6 Å². The van der Waals surface area contributed by atoms with Gasteiger partial charge in [0.15, 0.2) is 0 Å². The summed E-state index contributed by atoms with van der Waals surface area (Å²) < 4.78 is 19.6. The third-order valence-corrected chi connectivity index (χ3v) is 5.46. The highest BCUT2D eigenvalue weighted by molar-refractivity contribution is 5.92. The Morgan fingerprint density at radius 2 is 1.88 bits per heavy atom. The van der Waals surface area contributed by atoms with Gasteiger partial charge in [-0.3, -0.25) is 24.0 Å². The number of aromatic amines is 1. The summed E-state index contributed by atoms with van der Waals surface area (Å²) in [6.45, 7) is 3.65. The molecule has 1 aromatic carbocycles. The lowest BCUT2D eigenvalue weighted by Crippen LogP contribution is -2.43. The molecular weight excluding hydrogens is 429 g/mol. The largest absolute Gasteiger partial charge is 0.379 e. The van der Waals surface area contributed by atoms with E-state index in [0.29, 0.717) is 36.6 Å². The van der Waals surface area contributed by atoms with Gasteiger partial charge >= 0.3 is 5.69 Å². The molecule has 10 heteroatoms. The van der Waals surface area contributed by atoms with E-state index in [1.165, 1.54) is 12.1 Å². The topological polar surface area (TPSA) is 109 Å². The molecule has 2 N–H and O–H groups in total. The van der Waals surface area contributed by atoms with Gasteiger partial charge in [-0.1, -0.05) is 6.07 Å². The molecule has 1 aliphatic heterocycles. The highest BCUT2D eigenvalue weighted by atomic mass is 19.1. The van der Waals surface area contributed by atoms with Crippen LogP contribution < -0.4 is 16.6 Å². The van der Waals surface area contributed by atoms with E-state index in [1.807, 2.05) is 0 Å². The summed E-state index contributed by atoms with van der Waals surface area (Å²) in [4.78, 5) is 46.4. The predicted molar refractivity (Wildman–Crippen MR) is 119 cm³/mol. The molecule has 0 spiro atoms. The number of benzene rings is 1. The van der Waals surface area contributed by atoms with Crippen molar-refractivity contribution in [2.45, 2.75) is 13.1 Å². The fraction of sp³-hybridized carbons (Fsp3) is 0.304. The molecule has 2 aromatic heterocycles. The van der Waals surface area contributed by atoms with Crippen LogP contribution in [0, 0.1) is 5.82 Å². The van der Waals surface area contributed by atoms with Gasteiger partial charge in [-0.25, -0.2) is 9.18 Å². The van der Waals surface area contributed by atoms with Crippen LogP contribution in [0.4, 0.5) is 4.39 Å². The van der Waals surface area contributed by atoms with Crippen LogP contribution in [0.3, 0.4) is 0 Å². The first-order chi connectivity index (χ1) is 16.0. The maximum absolute atomic E-state index is 13.2. The Kier molecular flexibility index (Phi) is 7.06. The van der Waals surface area contributed by atoms with E-state index in [1.54, 1.807) is 30.5 Å². The van der Waals surface area contributed by atoms with E-state index >= 15 is 0 Å². The lowest BCUT2D eigenvalue weighted by molar-refractivity contribution is 0.0361. The average molecular weight is 453 g/mol. The highest BCUT2D eigenvalue weighted by Gasteiger charge is 2.15. The van der Waals surface area contributed by atoms with Crippen LogP contribution in [0.25, 0.3) is 11.3 Å². The summed E-state index contributed by atoms with van der Waals surface area (Å²) in [5.74, 6) is -0.938. The van der Waals surface area contributed by atoms with Crippen LogP contribution in [0.1, 0.15) is 16.1 Å². The number of nitrogens with zero attached hydrogens (tertiary/aromatic N) is 3. The van der Waals surface area contributed by atoms with Gasteiger partial charge in [0.25, 0.3) is 11.5 Å². The zero-order chi connectivity index (χ0) is 23.2. The molecular formula is C23H24FN5O4. The smallest absolute Gasteiger partial charge is 0.328 e. The molecule has 172 valence electrons. The standard InChI is InChI=1S/C23H24FN5O4/c24-18-5-3-16(4-6-18)21-17(2-1-7-25-21)15-26-22(31)19-14-20(30)29(23(32)27-19)9-8-28-10-12-33-13-11-28/h1-7,14H,8-13,15H2,(H,26,31)(H,27,32). The number of carbonyl (C=O) groups is 1. The molecule has 0 saturated carbocycles. The molecule has 1 fully saturated rings. The van der Waals surface area contributed by atoms with E-state index in [2.05, 4.69) is 20.2 Å². The zero-order valence-corrected chi connectivity index (χ0v) is 17.9. The van der Waals surface area contributed by atoms with Gasteiger partial charge in [-0.15, -0.1) is 0 Å². The summed E-state index contributed by atoms with van der Waals surface area (Å²) in [6.07, 6.45) is 1.61. The molecule has 33 heavy (non-hydrogen) atoms. The number of H-pyrrole nitrogens is 1.